The first-order chi connectivity index (χ1) is 10.2. The van der Waals surface area contributed by atoms with Crippen LogP contribution in [0.2, 0.25) is 0 Å². The fraction of sp³-hybridized carbons (Fsp3) is 0.400. The molecule has 6 heteroatoms. The summed E-state index contributed by atoms with van der Waals surface area (Å²) in [6, 6.07) is 1.91. The van der Waals surface area contributed by atoms with Crippen LogP contribution in [0.3, 0.4) is 0 Å². The quantitative estimate of drug-likeness (QED) is 0.739. The number of benzene rings is 1. The number of fused-ring (bicyclic) bond motifs is 3. The molecule has 1 aliphatic carbocycles. The van der Waals surface area contributed by atoms with E-state index in [0.29, 0.717) is 11.7 Å². The number of ether oxygens (including phenoxy) is 2. The lowest BCUT2D eigenvalue weighted by Gasteiger charge is -2.14. The molecule has 4 rings (SSSR count). The highest BCUT2D eigenvalue weighted by atomic mass is 16.5. The molecule has 2 heterocycles. The Morgan fingerprint density at radius 2 is 1.90 bits per heavy atom. The minimum Gasteiger partial charge on any atom is -0.496 e. The molecule has 6 nitrogen and oxygen atoms in total. The third-order valence-electron chi connectivity index (χ3n) is 4.11. The summed E-state index contributed by atoms with van der Waals surface area (Å²) < 4.78 is 12.8. The van der Waals surface area contributed by atoms with E-state index in [1.807, 2.05) is 19.3 Å². The normalized spacial score (nSPS) is 14.8. The SMILES string of the molecule is COc1cc(OC)c2nnc3c(cnn3C)c2c1C1CC1. The van der Waals surface area contributed by atoms with Gasteiger partial charge in [-0.25, -0.2) is 4.68 Å². The zero-order chi connectivity index (χ0) is 14.6. The Hall–Kier alpha value is -2.37. The predicted molar refractivity (Wildman–Crippen MR) is 78.9 cm³/mol. The topological polar surface area (TPSA) is 62.1 Å². The number of hydrogen-bond donors (Lipinski definition) is 0. The lowest BCUT2D eigenvalue weighted by Crippen LogP contribution is -2.00. The number of aromatic nitrogens is 4. The average molecular weight is 284 g/mol. The number of methoxy groups -OCH3 is 2. The largest absolute Gasteiger partial charge is 0.496 e. The lowest BCUT2D eigenvalue weighted by atomic mass is 10.0. The van der Waals surface area contributed by atoms with Crippen LogP contribution in [0.25, 0.3) is 21.9 Å². The van der Waals surface area contributed by atoms with Crippen LogP contribution in [-0.2, 0) is 7.05 Å². The summed E-state index contributed by atoms with van der Waals surface area (Å²) in [7, 11) is 5.21. The van der Waals surface area contributed by atoms with Crippen LogP contribution in [-0.4, -0.2) is 34.2 Å². The van der Waals surface area contributed by atoms with Crippen LogP contribution in [0.5, 0.6) is 11.5 Å². The molecule has 1 saturated carbocycles. The molecule has 0 atom stereocenters. The second-order valence-corrected chi connectivity index (χ2v) is 5.40. The summed E-state index contributed by atoms with van der Waals surface area (Å²) in [5.74, 6) is 2.07. The molecule has 108 valence electrons. The van der Waals surface area contributed by atoms with E-state index in [2.05, 4.69) is 15.3 Å². The third-order valence-corrected chi connectivity index (χ3v) is 4.11. The van der Waals surface area contributed by atoms with Crippen LogP contribution in [0.4, 0.5) is 0 Å². The van der Waals surface area contributed by atoms with E-state index in [9.17, 15) is 0 Å². The molecule has 21 heavy (non-hydrogen) atoms. The molecule has 1 aliphatic rings. The molecule has 3 aromatic rings. The lowest BCUT2D eigenvalue weighted by molar-refractivity contribution is 0.394. The van der Waals surface area contributed by atoms with Crippen molar-refractivity contribution < 1.29 is 9.47 Å². The average Bonchev–Trinajstić information content (AvgIpc) is 3.28. The van der Waals surface area contributed by atoms with Crippen molar-refractivity contribution in [1.82, 2.24) is 20.0 Å². The Kier molecular flexibility index (Phi) is 2.54. The minimum absolute atomic E-state index is 0.529. The van der Waals surface area contributed by atoms with Crippen molar-refractivity contribution in [1.29, 1.82) is 0 Å². The van der Waals surface area contributed by atoms with Crippen LogP contribution >= 0.6 is 0 Å². The summed E-state index contributed by atoms with van der Waals surface area (Å²) in [5, 5.41) is 15.0. The molecule has 0 saturated heterocycles. The van der Waals surface area contributed by atoms with Gasteiger partial charge in [0.15, 0.2) is 11.4 Å². The highest BCUT2D eigenvalue weighted by molar-refractivity contribution is 6.07. The zero-order valence-electron chi connectivity index (χ0n) is 12.3. The van der Waals surface area contributed by atoms with Gasteiger partial charge >= 0.3 is 0 Å². The van der Waals surface area contributed by atoms with E-state index in [1.54, 1.807) is 18.9 Å². The van der Waals surface area contributed by atoms with E-state index >= 15 is 0 Å². The van der Waals surface area contributed by atoms with Gasteiger partial charge < -0.3 is 9.47 Å². The fourth-order valence-electron chi connectivity index (χ4n) is 2.94. The predicted octanol–water partition coefficient (Wildman–Crippen LogP) is 2.41. The van der Waals surface area contributed by atoms with Crippen molar-refractivity contribution in [3.63, 3.8) is 0 Å². The van der Waals surface area contributed by atoms with E-state index in [1.165, 1.54) is 18.4 Å². The Labute approximate surface area is 121 Å². The first-order valence-corrected chi connectivity index (χ1v) is 6.97. The van der Waals surface area contributed by atoms with Crippen molar-refractivity contribution in [3.05, 3.63) is 17.8 Å². The number of hydrogen-bond acceptors (Lipinski definition) is 5. The Morgan fingerprint density at radius 3 is 2.57 bits per heavy atom. The molecule has 2 aromatic heterocycles. The number of aryl methyl sites for hydroxylation is 1. The van der Waals surface area contributed by atoms with Crippen molar-refractivity contribution in [2.75, 3.05) is 14.2 Å². The van der Waals surface area contributed by atoms with E-state index in [4.69, 9.17) is 9.47 Å². The van der Waals surface area contributed by atoms with E-state index in [0.717, 1.165) is 27.7 Å². The summed E-state index contributed by atoms with van der Waals surface area (Å²) in [5.41, 5.74) is 2.77. The third kappa shape index (κ3) is 1.68. The van der Waals surface area contributed by atoms with Crippen molar-refractivity contribution in [2.24, 2.45) is 7.05 Å². The van der Waals surface area contributed by atoms with Crippen molar-refractivity contribution in [3.8, 4) is 11.5 Å². The fourth-order valence-corrected chi connectivity index (χ4v) is 2.94. The van der Waals surface area contributed by atoms with Gasteiger partial charge in [-0.15, -0.1) is 10.2 Å². The smallest absolute Gasteiger partial charge is 0.180 e. The summed E-state index contributed by atoms with van der Waals surface area (Å²) in [6.07, 6.45) is 4.21. The first kappa shape index (κ1) is 12.4. The maximum atomic E-state index is 5.60. The van der Waals surface area contributed by atoms with E-state index in [-0.39, 0.29) is 0 Å². The maximum absolute atomic E-state index is 5.60. The second-order valence-electron chi connectivity index (χ2n) is 5.40. The second kappa shape index (κ2) is 4.31. The van der Waals surface area contributed by atoms with Gasteiger partial charge in [-0.1, -0.05) is 0 Å². The van der Waals surface area contributed by atoms with Crippen LogP contribution in [0.1, 0.15) is 24.3 Å². The monoisotopic (exact) mass is 284 g/mol. The molecule has 0 amide bonds. The van der Waals surface area contributed by atoms with Gasteiger partial charge in [0, 0.05) is 24.1 Å². The molecule has 0 unspecified atom stereocenters. The van der Waals surface area contributed by atoms with Gasteiger partial charge in [0.1, 0.15) is 11.3 Å². The Bertz CT molecular complexity index is 852. The van der Waals surface area contributed by atoms with Crippen LogP contribution in [0.15, 0.2) is 12.3 Å². The minimum atomic E-state index is 0.529. The van der Waals surface area contributed by atoms with Gasteiger partial charge in [-0.2, -0.15) is 5.10 Å². The van der Waals surface area contributed by atoms with Crippen LogP contribution in [0, 0.1) is 0 Å². The number of rotatable bonds is 3. The highest BCUT2D eigenvalue weighted by Gasteiger charge is 2.31. The molecule has 0 bridgehead atoms. The number of nitrogens with zero attached hydrogens (tertiary/aromatic N) is 4. The standard InChI is InChI=1S/C15H16N4O2/c1-19-15-9(7-16-19)13-12(8-4-5-8)10(20-2)6-11(21-3)14(13)17-18-15/h6-8H,4-5H2,1-3H3. The first-order valence-electron chi connectivity index (χ1n) is 6.97. The maximum Gasteiger partial charge on any atom is 0.180 e. The zero-order valence-corrected chi connectivity index (χ0v) is 12.3. The van der Waals surface area contributed by atoms with Gasteiger partial charge in [0.25, 0.3) is 0 Å². The van der Waals surface area contributed by atoms with Gasteiger partial charge in [0.2, 0.25) is 0 Å². The summed E-state index contributed by atoms with van der Waals surface area (Å²) in [4.78, 5) is 0. The Morgan fingerprint density at radius 1 is 1.14 bits per heavy atom. The molecular weight excluding hydrogens is 268 g/mol. The molecular formula is C15H16N4O2. The molecule has 1 aromatic carbocycles. The van der Waals surface area contributed by atoms with Gasteiger partial charge in [0.05, 0.1) is 25.8 Å². The highest BCUT2D eigenvalue weighted by Crippen LogP contribution is 2.50. The molecule has 0 radical (unpaired) electrons. The summed E-state index contributed by atoms with van der Waals surface area (Å²) >= 11 is 0. The molecule has 0 spiro atoms. The summed E-state index contributed by atoms with van der Waals surface area (Å²) in [6.45, 7) is 0. The van der Waals surface area contributed by atoms with Crippen molar-refractivity contribution >= 4 is 21.9 Å². The van der Waals surface area contributed by atoms with Crippen molar-refractivity contribution in [2.45, 2.75) is 18.8 Å². The van der Waals surface area contributed by atoms with E-state index < -0.39 is 0 Å². The molecule has 0 aliphatic heterocycles. The van der Waals surface area contributed by atoms with Gasteiger partial charge in [-0.05, 0) is 18.8 Å². The molecule has 0 N–H and O–H groups in total. The molecule has 1 fully saturated rings. The van der Waals surface area contributed by atoms with Gasteiger partial charge in [-0.3, -0.25) is 0 Å². The van der Waals surface area contributed by atoms with Crippen LogP contribution < -0.4 is 9.47 Å². The Balaban J connectivity index is 2.22.